The largest absolute Gasteiger partial charge is 0.507 e. The van der Waals surface area contributed by atoms with E-state index in [-0.39, 0.29) is 5.92 Å². The van der Waals surface area contributed by atoms with E-state index in [9.17, 15) is 10.2 Å². The molecule has 4 rings (SSSR count). The summed E-state index contributed by atoms with van der Waals surface area (Å²) in [6, 6.07) is 23.5. The second-order valence-electron chi connectivity index (χ2n) is 10.6. The first-order chi connectivity index (χ1) is 19.0. The van der Waals surface area contributed by atoms with Gasteiger partial charge in [0.15, 0.2) is 0 Å². The molecular weight excluding hydrogens is 480 g/mol. The number of unbranched alkanes of at least 4 members (excludes halogenated alkanes) is 5. The molecule has 4 aromatic rings. The zero-order chi connectivity index (χ0) is 27.6. The average molecular weight is 523 g/mol. The van der Waals surface area contributed by atoms with Gasteiger partial charge in [0.2, 0.25) is 0 Å². The normalized spacial score (nSPS) is 12.0. The quantitative estimate of drug-likeness (QED) is 0.172. The number of hydrogen-bond acceptors (Lipinski definition) is 4. The molecule has 0 spiro atoms. The summed E-state index contributed by atoms with van der Waals surface area (Å²) in [6.07, 6.45) is 10.1. The summed E-state index contributed by atoms with van der Waals surface area (Å²) >= 11 is 0. The standard InChI is InChI=1S/C35H42N2O2/c1-4-6-8-10-16-26-17-11-19-28(34(26)38)30-21-13-23-32(36-30)33-24-14-22-31(37-33)29-20-12-18-27(35(29)39)25(3)15-9-7-5-2/h11-14,17-25,38-39H,4-10,15-16H2,1-3H3. The molecule has 0 saturated carbocycles. The number of aryl methyl sites for hydroxylation is 1. The molecule has 4 nitrogen and oxygen atoms in total. The Labute approximate surface area is 233 Å². The third-order valence-corrected chi connectivity index (χ3v) is 7.57. The number of aromatic nitrogens is 2. The minimum atomic E-state index is 0.285. The summed E-state index contributed by atoms with van der Waals surface area (Å²) in [6.45, 7) is 6.60. The molecule has 0 aliphatic heterocycles. The van der Waals surface area contributed by atoms with Crippen molar-refractivity contribution in [2.24, 2.45) is 0 Å². The molecule has 0 bridgehead atoms. The van der Waals surface area contributed by atoms with E-state index in [2.05, 4.69) is 20.8 Å². The van der Waals surface area contributed by atoms with Crippen molar-refractivity contribution in [1.29, 1.82) is 0 Å². The fourth-order valence-electron chi connectivity index (χ4n) is 5.22. The number of aromatic hydroxyl groups is 2. The van der Waals surface area contributed by atoms with Crippen molar-refractivity contribution in [3.8, 4) is 45.4 Å². The van der Waals surface area contributed by atoms with Crippen LogP contribution in [0.1, 0.15) is 89.2 Å². The molecule has 39 heavy (non-hydrogen) atoms. The van der Waals surface area contributed by atoms with Gasteiger partial charge in [0.05, 0.1) is 22.8 Å². The molecule has 0 amide bonds. The highest BCUT2D eigenvalue weighted by Gasteiger charge is 2.16. The van der Waals surface area contributed by atoms with Crippen LogP contribution in [-0.4, -0.2) is 20.2 Å². The lowest BCUT2D eigenvalue weighted by Crippen LogP contribution is -1.97. The second-order valence-corrected chi connectivity index (χ2v) is 10.6. The molecule has 2 aromatic heterocycles. The van der Waals surface area contributed by atoms with Gasteiger partial charge in [0.25, 0.3) is 0 Å². The van der Waals surface area contributed by atoms with Crippen LogP contribution in [0.3, 0.4) is 0 Å². The van der Waals surface area contributed by atoms with Crippen molar-refractivity contribution in [2.45, 2.75) is 84.5 Å². The number of phenolic OH excluding ortho intramolecular Hbond substituents is 2. The predicted octanol–water partition coefficient (Wildman–Crippen LogP) is 9.70. The van der Waals surface area contributed by atoms with Crippen LogP contribution in [0.15, 0.2) is 72.8 Å². The van der Waals surface area contributed by atoms with E-state index in [1.165, 1.54) is 32.1 Å². The molecule has 0 saturated heterocycles. The van der Waals surface area contributed by atoms with Crippen LogP contribution in [0.25, 0.3) is 33.9 Å². The maximum atomic E-state index is 11.2. The first kappa shape index (κ1) is 28.4. The Balaban J connectivity index is 1.60. The number of nitrogens with zero attached hydrogens (tertiary/aromatic N) is 2. The highest BCUT2D eigenvalue weighted by molar-refractivity contribution is 5.73. The van der Waals surface area contributed by atoms with Gasteiger partial charge in [-0.05, 0) is 72.7 Å². The molecule has 2 aromatic carbocycles. The van der Waals surface area contributed by atoms with Gasteiger partial charge in [-0.15, -0.1) is 0 Å². The molecule has 2 heterocycles. The summed E-state index contributed by atoms with van der Waals surface area (Å²) in [7, 11) is 0. The highest BCUT2D eigenvalue weighted by Crippen LogP contribution is 2.38. The Kier molecular flexibility index (Phi) is 10.1. The SMILES string of the molecule is CCCCCCc1cccc(-c2cccc(-c3cccc(-c4cccc(C(C)CCCCC)c4O)n3)n2)c1O. The van der Waals surface area contributed by atoms with E-state index in [1.54, 1.807) is 0 Å². The van der Waals surface area contributed by atoms with Crippen molar-refractivity contribution in [2.75, 3.05) is 0 Å². The molecule has 4 heteroatoms. The lowest BCUT2D eigenvalue weighted by atomic mass is 9.92. The maximum absolute atomic E-state index is 11.2. The van der Waals surface area contributed by atoms with Gasteiger partial charge in [-0.1, -0.05) is 95.7 Å². The third kappa shape index (κ3) is 7.06. The second kappa shape index (κ2) is 13.9. The van der Waals surface area contributed by atoms with Gasteiger partial charge in [-0.3, -0.25) is 0 Å². The van der Waals surface area contributed by atoms with E-state index >= 15 is 0 Å². The lowest BCUT2D eigenvalue weighted by molar-refractivity contribution is 0.460. The van der Waals surface area contributed by atoms with Crippen LogP contribution in [0.4, 0.5) is 0 Å². The number of rotatable bonds is 13. The average Bonchev–Trinajstić information content (AvgIpc) is 2.96. The van der Waals surface area contributed by atoms with Gasteiger partial charge in [0.1, 0.15) is 11.5 Å². The van der Waals surface area contributed by atoms with Gasteiger partial charge in [-0.2, -0.15) is 0 Å². The monoisotopic (exact) mass is 522 g/mol. The zero-order valence-electron chi connectivity index (χ0n) is 23.7. The number of hydrogen-bond donors (Lipinski definition) is 2. The molecule has 204 valence electrons. The van der Waals surface area contributed by atoms with E-state index in [4.69, 9.17) is 9.97 Å². The Morgan fingerprint density at radius 2 is 1.13 bits per heavy atom. The summed E-state index contributed by atoms with van der Waals surface area (Å²) in [4.78, 5) is 9.78. The highest BCUT2D eigenvalue weighted by atomic mass is 16.3. The van der Waals surface area contributed by atoms with Crippen molar-refractivity contribution in [3.63, 3.8) is 0 Å². The van der Waals surface area contributed by atoms with Crippen LogP contribution in [0.2, 0.25) is 0 Å². The zero-order valence-corrected chi connectivity index (χ0v) is 23.7. The molecule has 1 atom stereocenters. The predicted molar refractivity (Wildman–Crippen MR) is 162 cm³/mol. The van der Waals surface area contributed by atoms with Crippen LogP contribution >= 0.6 is 0 Å². The minimum absolute atomic E-state index is 0.285. The lowest BCUT2D eigenvalue weighted by Gasteiger charge is -2.16. The van der Waals surface area contributed by atoms with Crippen molar-refractivity contribution < 1.29 is 10.2 Å². The van der Waals surface area contributed by atoms with E-state index in [0.717, 1.165) is 70.7 Å². The Bertz CT molecular complexity index is 1360. The van der Waals surface area contributed by atoms with E-state index < -0.39 is 0 Å². The number of pyridine rings is 2. The van der Waals surface area contributed by atoms with Crippen LogP contribution in [-0.2, 0) is 6.42 Å². The topological polar surface area (TPSA) is 66.2 Å². The number of benzene rings is 2. The Hall–Kier alpha value is -3.66. The first-order valence-corrected chi connectivity index (χ1v) is 14.6. The molecular formula is C35H42N2O2. The fraction of sp³-hybridized carbons (Fsp3) is 0.371. The molecule has 0 aliphatic rings. The van der Waals surface area contributed by atoms with Crippen LogP contribution in [0, 0.1) is 0 Å². The smallest absolute Gasteiger partial charge is 0.128 e. The Morgan fingerprint density at radius 1 is 0.590 bits per heavy atom. The van der Waals surface area contributed by atoms with Gasteiger partial charge in [0, 0.05) is 11.1 Å². The first-order valence-electron chi connectivity index (χ1n) is 14.6. The molecule has 1 unspecified atom stereocenters. The van der Waals surface area contributed by atoms with Gasteiger partial charge in [-0.25, -0.2) is 9.97 Å². The summed E-state index contributed by atoms with van der Waals surface area (Å²) in [5, 5.41) is 22.2. The fourth-order valence-corrected chi connectivity index (χ4v) is 5.22. The number of para-hydroxylation sites is 2. The number of phenols is 2. The van der Waals surface area contributed by atoms with Crippen molar-refractivity contribution >= 4 is 0 Å². The molecule has 0 aliphatic carbocycles. The third-order valence-electron chi connectivity index (χ3n) is 7.57. The van der Waals surface area contributed by atoms with Crippen molar-refractivity contribution in [3.05, 3.63) is 83.9 Å². The van der Waals surface area contributed by atoms with Gasteiger partial charge >= 0.3 is 0 Å². The summed E-state index contributed by atoms with van der Waals surface area (Å²) in [5.74, 6) is 0.914. The van der Waals surface area contributed by atoms with Crippen LogP contribution < -0.4 is 0 Å². The molecule has 0 fully saturated rings. The Morgan fingerprint density at radius 3 is 1.77 bits per heavy atom. The van der Waals surface area contributed by atoms with E-state index in [1.807, 2.05) is 72.8 Å². The molecule has 2 N–H and O–H groups in total. The van der Waals surface area contributed by atoms with Gasteiger partial charge < -0.3 is 10.2 Å². The van der Waals surface area contributed by atoms with Crippen molar-refractivity contribution in [1.82, 2.24) is 9.97 Å². The minimum Gasteiger partial charge on any atom is -0.507 e. The molecule has 0 radical (unpaired) electrons. The van der Waals surface area contributed by atoms with E-state index in [0.29, 0.717) is 11.5 Å². The van der Waals surface area contributed by atoms with Crippen LogP contribution in [0.5, 0.6) is 11.5 Å². The summed E-state index contributed by atoms with van der Waals surface area (Å²) < 4.78 is 0. The maximum Gasteiger partial charge on any atom is 0.128 e. The summed E-state index contributed by atoms with van der Waals surface area (Å²) in [5.41, 5.74) is 6.31.